The minimum Gasteiger partial charge on any atom is -0.476 e. The molecular weight excluding hydrogens is 210 g/mol. The van der Waals surface area contributed by atoms with Crippen molar-refractivity contribution >= 4 is 16.0 Å². The SMILES string of the molecule is CCc1[nH]nc(C(=O)O)c1S(N)(=O)=O. The van der Waals surface area contributed by atoms with Crippen LogP contribution in [-0.4, -0.2) is 29.7 Å². The molecule has 0 fully saturated rings. The Balaban J connectivity index is 3.50. The van der Waals surface area contributed by atoms with Crippen LogP contribution in [0, 0.1) is 0 Å². The predicted octanol–water partition coefficient (Wildman–Crippen LogP) is -0.682. The molecule has 1 heterocycles. The topological polar surface area (TPSA) is 126 Å². The van der Waals surface area contributed by atoms with Gasteiger partial charge in [-0.15, -0.1) is 0 Å². The highest BCUT2D eigenvalue weighted by Crippen LogP contribution is 2.16. The number of hydrogen-bond donors (Lipinski definition) is 3. The Morgan fingerprint density at radius 3 is 2.57 bits per heavy atom. The fraction of sp³-hybridized carbons (Fsp3) is 0.333. The van der Waals surface area contributed by atoms with Gasteiger partial charge in [0.15, 0.2) is 5.69 Å². The number of H-pyrrole nitrogens is 1. The van der Waals surface area contributed by atoms with Crippen LogP contribution in [0.1, 0.15) is 23.1 Å². The molecule has 4 N–H and O–H groups in total. The lowest BCUT2D eigenvalue weighted by Gasteiger charge is -1.97. The van der Waals surface area contributed by atoms with Crippen molar-refractivity contribution in [1.82, 2.24) is 10.2 Å². The Labute approximate surface area is 80.0 Å². The van der Waals surface area contributed by atoms with Gasteiger partial charge in [-0.3, -0.25) is 5.10 Å². The first kappa shape index (κ1) is 10.7. The fourth-order valence-electron chi connectivity index (χ4n) is 1.06. The van der Waals surface area contributed by atoms with Crippen LogP contribution >= 0.6 is 0 Å². The molecule has 0 aliphatic carbocycles. The molecule has 0 aliphatic heterocycles. The molecule has 0 saturated heterocycles. The molecule has 0 aliphatic rings. The van der Waals surface area contributed by atoms with E-state index in [1.54, 1.807) is 6.92 Å². The standard InChI is InChI=1S/C6H9N3O4S/c1-2-3-5(14(7,12)13)4(6(10)11)9-8-3/h2H2,1H3,(H,8,9)(H,10,11)(H2,7,12,13). The zero-order valence-electron chi connectivity index (χ0n) is 7.31. The van der Waals surface area contributed by atoms with Crippen LogP contribution in [0.15, 0.2) is 4.90 Å². The molecule has 7 nitrogen and oxygen atoms in total. The summed E-state index contributed by atoms with van der Waals surface area (Å²) >= 11 is 0. The molecule has 0 unspecified atom stereocenters. The number of nitrogens with zero attached hydrogens (tertiary/aromatic N) is 1. The van der Waals surface area contributed by atoms with Crippen molar-refractivity contribution in [3.8, 4) is 0 Å². The summed E-state index contributed by atoms with van der Waals surface area (Å²) in [5.41, 5.74) is -0.366. The number of carbonyl (C=O) groups is 1. The predicted molar refractivity (Wildman–Crippen MR) is 46.3 cm³/mol. The summed E-state index contributed by atoms with van der Waals surface area (Å²) in [5, 5.41) is 19.2. The molecule has 1 aromatic rings. The van der Waals surface area contributed by atoms with E-state index >= 15 is 0 Å². The highest BCUT2D eigenvalue weighted by molar-refractivity contribution is 7.89. The number of nitrogens with two attached hydrogens (primary N) is 1. The molecule has 0 atom stereocenters. The van der Waals surface area contributed by atoms with Gasteiger partial charge in [-0.2, -0.15) is 5.10 Å². The highest BCUT2D eigenvalue weighted by atomic mass is 32.2. The second kappa shape index (κ2) is 3.39. The van der Waals surface area contributed by atoms with E-state index in [1.165, 1.54) is 0 Å². The van der Waals surface area contributed by atoms with E-state index in [0.29, 0.717) is 6.42 Å². The van der Waals surface area contributed by atoms with Crippen molar-refractivity contribution in [3.05, 3.63) is 11.4 Å². The first-order valence-electron chi connectivity index (χ1n) is 3.71. The van der Waals surface area contributed by atoms with Gasteiger partial charge >= 0.3 is 5.97 Å². The molecule has 0 amide bonds. The molecule has 0 saturated carbocycles. The summed E-state index contributed by atoms with van der Waals surface area (Å²) in [5.74, 6) is -1.43. The maximum Gasteiger partial charge on any atom is 0.357 e. The third kappa shape index (κ3) is 1.75. The van der Waals surface area contributed by atoms with Gasteiger partial charge in [0.25, 0.3) is 0 Å². The van der Waals surface area contributed by atoms with Gasteiger partial charge in [0, 0.05) is 0 Å². The molecule has 0 aromatic carbocycles. The summed E-state index contributed by atoms with van der Waals surface area (Å²) in [7, 11) is -4.05. The average Bonchev–Trinajstić information content (AvgIpc) is 2.45. The molecule has 1 rings (SSSR count). The maximum absolute atomic E-state index is 11.1. The Kier molecular flexibility index (Phi) is 2.58. The van der Waals surface area contributed by atoms with Crippen molar-refractivity contribution in [3.63, 3.8) is 0 Å². The van der Waals surface area contributed by atoms with Crippen LogP contribution in [0.2, 0.25) is 0 Å². The van der Waals surface area contributed by atoms with Gasteiger partial charge in [-0.25, -0.2) is 18.4 Å². The fourth-order valence-corrected chi connectivity index (χ4v) is 1.99. The molecule has 0 spiro atoms. The molecule has 14 heavy (non-hydrogen) atoms. The lowest BCUT2D eigenvalue weighted by Crippen LogP contribution is -2.17. The van der Waals surface area contributed by atoms with E-state index < -0.39 is 26.6 Å². The number of primary sulfonamides is 1. The van der Waals surface area contributed by atoms with Crippen LogP contribution in [0.4, 0.5) is 0 Å². The second-order valence-electron chi connectivity index (χ2n) is 2.58. The number of aromatic nitrogens is 2. The summed E-state index contributed by atoms with van der Waals surface area (Å²) < 4.78 is 22.1. The van der Waals surface area contributed by atoms with Gasteiger partial charge in [0.2, 0.25) is 10.0 Å². The van der Waals surface area contributed by atoms with E-state index in [1.807, 2.05) is 0 Å². The average molecular weight is 219 g/mol. The minimum atomic E-state index is -4.05. The first-order valence-corrected chi connectivity index (χ1v) is 5.26. The van der Waals surface area contributed by atoms with Crippen LogP contribution in [0.3, 0.4) is 0 Å². The van der Waals surface area contributed by atoms with Gasteiger partial charge in [-0.05, 0) is 6.42 Å². The molecular formula is C6H9N3O4S. The van der Waals surface area contributed by atoms with Crippen molar-refractivity contribution in [1.29, 1.82) is 0 Å². The molecule has 0 radical (unpaired) electrons. The Morgan fingerprint density at radius 2 is 2.21 bits per heavy atom. The number of aromatic carboxylic acids is 1. The third-order valence-electron chi connectivity index (χ3n) is 1.63. The monoisotopic (exact) mass is 219 g/mol. The zero-order valence-corrected chi connectivity index (χ0v) is 8.13. The Hall–Kier alpha value is -1.41. The third-order valence-corrected chi connectivity index (χ3v) is 2.64. The van der Waals surface area contributed by atoms with Gasteiger partial charge in [-0.1, -0.05) is 6.92 Å². The maximum atomic E-state index is 11.1. The van der Waals surface area contributed by atoms with Crippen molar-refractivity contribution in [2.24, 2.45) is 5.14 Å². The normalized spacial score (nSPS) is 11.6. The molecule has 0 bridgehead atoms. The van der Waals surface area contributed by atoms with Gasteiger partial charge in [0.05, 0.1) is 5.69 Å². The van der Waals surface area contributed by atoms with Crippen molar-refractivity contribution in [2.75, 3.05) is 0 Å². The zero-order chi connectivity index (χ0) is 10.9. The number of rotatable bonds is 3. The molecule has 8 heteroatoms. The second-order valence-corrected chi connectivity index (χ2v) is 4.08. The number of aromatic amines is 1. The number of hydrogen-bond acceptors (Lipinski definition) is 4. The lowest BCUT2D eigenvalue weighted by atomic mass is 10.3. The van der Waals surface area contributed by atoms with Crippen molar-refractivity contribution in [2.45, 2.75) is 18.2 Å². The summed E-state index contributed by atoms with van der Waals surface area (Å²) in [6, 6.07) is 0. The highest BCUT2D eigenvalue weighted by Gasteiger charge is 2.26. The van der Waals surface area contributed by atoms with Gasteiger partial charge < -0.3 is 5.11 Å². The largest absolute Gasteiger partial charge is 0.476 e. The van der Waals surface area contributed by atoms with Crippen LogP contribution < -0.4 is 5.14 Å². The smallest absolute Gasteiger partial charge is 0.357 e. The first-order chi connectivity index (χ1) is 6.38. The summed E-state index contributed by atoms with van der Waals surface area (Å²) in [6.07, 6.45) is 0.312. The van der Waals surface area contributed by atoms with E-state index in [-0.39, 0.29) is 5.69 Å². The number of carboxylic acids is 1. The Morgan fingerprint density at radius 1 is 1.64 bits per heavy atom. The van der Waals surface area contributed by atoms with Crippen LogP contribution in [-0.2, 0) is 16.4 Å². The Bertz CT molecular complexity index is 461. The van der Waals surface area contributed by atoms with E-state index in [2.05, 4.69) is 10.2 Å². The number of aryl methyl sites for hydroxylation is 1. The summed E-state index contributed by atoms with van der Waals surface area (Å²) in [4.78, 5) is 10.2. The van der Waals surface area contributed by atoms with Crippen LogP contribution in [0.5, 0.6) is 0 Å². The summed E-state index contributed by atoms with van der Waals surface area (Å²) in [6.45, 7) is 1.66. The van der Waals surface area contributed by atoms with Crippen molar-refractivity contribution < 1.29 is 18.3 Å². The lowest BCUT2D eigenvalue weighted by molar-refractivity contribution is 0.0686. The molecule has 1 aromatic heterocycles. The van der Waals surface area contributed by atoms with E-state index in [9.17, 15) is 13.2 Å². The quantitative estimate of drug-likeness (QED) is 0.620. The molecule has 78 valence electrons. The number of nitrogens with one attached hydrogen (secondary N) is 1. The van der Waals surface area contributed by atoms with Crippen LogP contribution in [0.25, 0.3) is 0 Å². The number of sulfonamides is 1. The van der Waals surface area contributed by atoms with E-state index in [4.69, 9.17) is 10.2 Å². The van der Waals surface area contributed by atoms with E-state index in [0.717, 1.165) is 0 Å². The minimum absolute atomic E-state index is 0.199. The number of carboxylic acid groups (broad SMARTS) is 1. The van der Waals surface area contributed by atoms with Gasteiger partial charge in [0.1, 0.15) is 4.90 Å².